The van der Waals surface area contributed by atoms with Gasteiger partial charge in [-0.25, -0.2) is 9.98 Å². The lowest BCUT2D eigenvalue weighted by Crippen LogP contribution is -2.04. The molecule has 5 aromatic rings. The summed E-state index contributed by atoms with van der Waals surface area (Å²) in [5.74, 6) is 1.53. The van der Waals surface area contributed by atoms with Gasteiger partial charge in [0.2, 0.25) is 5.13 Å². The van der Waals surface area contributed by atoms with E-state index in [-0.39, 0.29) is 0 Å². The number of thiazole rings is 1. The normalized spacial score (nSPS) is 14.3. The summed E-state index contributed by atoms with van der Waals surface area (Å²) in [5.41, 5.74) is 5.76. The van der Waals surface area contributed by atoms with Crippen LogP contribution in [0.4, 0.5) is 5.13 Å². The minimum absolute atomic E-state index is 0.511. The quantitative estimate of drug-likeness (QED) is 0.179. The molecule has 0 N–H and O–H groups in total. The van der Waals surface area contributed by atoms with Crippen LogP contribution in [-0.2, 0) is 6.61 Å². The molecule has 0 bridgehead atoms. The van der Waals surface area contributed by atoms with Crippen LogP contribution in [0.1, 0.15) is 54.7 Å². The Labute approximate surface area is 236 Å². The molecule has 1 aliphatic rings. The summed E-state index contributed by atoms with van der Waals surface area (Å²) in [6.45, 7) is 0.511. The molecule has 6 rings (SSSR count). The highest BCUT2D eigenvalue weighted by Crippen LogP contribution is 2.34. The average molecular weight is 582 g/mol. The molecule has 1 fully saturated rings. The Hall–Kier alpha value is -3.28. The predicted octanol–water partition coefficient (Wildman–Crippen LogP) is 10.1. The van der Waals surface area contributed by atoms with Crippen molar-refractivity contribution in [1.82, 2.24) is 4.98 Å². The molecule has 0 aliphatic heterocycles. The second-order valence-electron chi connectivity index (χ2n) is 9.85. The Morgan fingerprint density at radius 1 is 0.921 bits per heavy atom. The highest BCUT2D eigenvalue weighted by molar-refractivity contribution is 9.10. The van der Waals surface area contributed by atoms with Gasteiger partial charge in [0.05, 0.1) is 10.2 Å². The van der Waals surface area contributed by atoms with Gasteiger partial charge >= 0.3 is 0 Å². The van der Waals surface area contributed by atoms with Gasteiger partial charge in [-0.2, -0.15) is 0 Å². The molecule has 190 valence electrons. The average Bonchev–Trinajstić information content (AvgIpc) is 3.45. The van der Waals surface area contributed by atoms with Gasteiger partial charge in [-0.1, -0.05) is 86.0 Å². The molecule has 0 atom stereocenters. The zero-order valence-electron chi connectivity index (χ0n) is 21.1. The van der Waals surface area contributed by atoms with Crippen molar-refractivity contribution >= 4 is 49.4 Å². The molecule has 4 aromatic carbocycles. The Bertz CT molecular complexity index is 1560. The molecule has 0 radical (unpaired) electrons. The van der Waals surface area contributed by atoms with Crippen molar-refractivity contribution < 1.29 is 4.74 Å². The summed E-state index contributed by atoms with van der Waals surface area (Å²) in [7, 11) is 0. The lowest BCUT2D eigenvalue weighted by Gasteiger charge is -2.22. The maximum atomic E-state index is 6.15. The van der Waals surface area contributed by atoms with Gasteiger partial charge < -0.3 is 4.74 Å². The van der Waals surface area contributed by atoms with E-state index < -0.39 is 0 Å². The van der Waals surface area contributed by atoms with Crippen molar-refractivity contribution in [3.8, 4) is 17.0 Å². The Morgan fingerprint density at radius 2 is 1.74 bits per heavy atom. The molecule has 5 heteroatoms. The topological polar surface area (TPSA) is 34.5 Å². The lowest BCUT2D eigenvalue weighted by molar-refractivity contribution is 0.305. The zero-order chi connectivity index (χ0) is 25.7. The van der Waals surface area contributed by atoms with Crippen LogP contribution in [-0.4, -0.2) is 11.2 Å². The Balaban J connectivity index is 1.10. The first-order valence-corrected chi connectivity index (χ1v) is 14.9. The predicted molar refractivity (Wildman–Crippen MR) is 163 cm³/mol. The highest BCUT2D eigenvalue weighted by atomic mass is 79.9. The fourth-order valence-corrected chi connectivity index (χ4v) is 6.42. The van der Waals surface area contributed by atoms with Crippen molar-refractivity contribution in [2.75, 3.05) is 0 Å². The van der Waals surface area contributed by atoms with Crippen molar-refractivity contribution in [2.24, 2.45) is 4.99 Å². The number of aromatic nitrogens is 1. The fraction of sp³-hybridized carbons (Fsp3) is 0.212. The largest absolute Gasteiger partial charge is 0.488 e. The summed E-state index contributed by atoms with van der Waals surface area (Å²) in [5, 5.41) is 5.28. The minimum atomic E-state index is 0.511. The monoisotopic (exact) mass is 580 g/mol. The van der Waals surface area contributed by atoms with Crippen molar-refractivity contribution in [2.45, 2.75) is 44.6 Å². The highest BCUT2D eigenvalue weighted by Gasteiger charge is 2.15. The van der Waals surface area contributed by atoms with Crippen LogP contribution in [0.15, 0.2) is 99.8 Å². The van der Waals surface area contributed by atoms with Crippen molar-refractivity contribution in [1.29, 1.82) is 0 Å². The number of rotatable bonds is 7. The molecule has 1 aromatic heterocycles. The fourth-order valence-electron chi connectivity index (χ4n) is 5.24. The molecule has 0 saturated heterocycles. The summed E-state index contributed by atoms with van der Waals surface area (Å²) < 4.78 is 7.05. The van der Waals surface area contributed by atoms with Gasteiger partial charge in [0, 0.05) is 17.2 Å². The molecular weight excluding hydrogens is 552 g/mol. The first kappa shape index (κ1) is 25.0. The Kier molecular flexibility index (Phi) is 7.66. The van der Waals surface area contributed by atoms with Gasteiger partial charge in [0.15, 0.2) is 0 Å². The number of hydrogen-bond acceptors (Lipinski definition) is 4. The van der Waals surface area contributed by atoms with Crippen LogP contribution < -0.4 is 4.74 Å². The zero-order valence-corrected chi connectivity index (χ0v) is 23.5. The summed E-state index contributed by atoms with van der Waals surface area (Å²) in [6, 6.07) is 29.7. The molecule has 3 nitrogen and oxygen atoms in total. The van der Waals surface area contributed by atoms with E-state index in [0.29, 0.717) is 6.61 Å². The van der Waals surface area contributed by atoms with Gasteiger partial charge in [0.1, 0.15) is 12.4 Å². The molecule has 0 amide bonds. The maximum Gasteiger partial charge on any atom is 0.209 e. The van der Waals surface area contributed by atoms with Crippen LogP contribution >= 0.6 is 27.3 Å². The molecule has 0 spiro atoms. The SMILES string of the molecule is Brc1cc(C=Nc2nc(-c3ccc(C4CCCCC4)cc3)cs2)ccc1OCc1cccc2ccccc12. The van der Waals surface area contributed by atoms with Crippen LogP contribution in [0.25, 0.3) is 22.0 Å². The molecular formula is C33H29BrN2OS. The van der Waals surface area contributed by atoms with E-state index in [1.54, 1.807) is 11.3 Å². The van der Waals surface area contributed by atoms with E-state index in [2.05, 4.69) is 93.0 Å². The van der Waals surface area contributed by atoms with Crippen LogP contribution in [0.3, 0.4) is 0 Å². The van der Waals surface area contributed by atoms with Gasteiger partial charge in [-0.05, 0) is 80.4 Å². The number of fused-ring (bicyclic) bond motifs is 1. The number of aliphatic imine (C=N–C) groups is 1. The summed E-state index contributed by atoms with van der Waals surface area (Å²) in [4.78, 5) is 9.38. The molecule has 38 heavy (non-hydrogen) atoms. The molecule has 1 aliphatic carbocycles. The second kappa shape index (κ2) is 11.6. The van der Waals surface area contributed by atoms with E-state index in [0.717, 1.165) is 38.1 Å². The summed E-state index contributed by atoms with van der Waals surface area (Å²) >= 11 is 5.23. The van der Waals surface area contributed by atoms with Crippen LogP contribution in [0.2, 0.25) is 0 Å². The first-order valence-electron chi connectivity index (χ1n) is 13.2. The van der Waals surface area contributed by atoms with E-state index in [1.807, 2.05) is 24.4 Å². The smallest absolute Gasteiger partial charge is 0.209 e. The molecule has 0 unspecified atom stereocenters. The van der Waals surface area contributed by atoms with Crippen LogP contribution in [0.5, 0.6) is 5.75 Å². The van der Waals surface area contributed by atoms with Crippen molar-refractivity contribution in [3.63, 3.8) is 0 Å². The number of ether oxygens (including phenoxy) is 1. The van der Waals surface area contributed by atoms with Crippen LogP contribution in [0, 0.1) is 0 Å². The standard InChI is InChI=1S/C33H29BrN2OS/c34-30-19-23(13-18-32(30)37-21-28-11-6-10-26-9-4-5-12-29(26)28)20-35-33-36-31(22-38-33)27-16-14-25(15-17-27)24-7-2-1-3-8-24/h4-6,9-20,22,24H,1-3,7-8,21H2. The van der Waals surface area contributed by atoms with E-state index in [9.17, 15) is 0 Å². The molecule has 1 heterocycles. The number of halogens is 1. The third-order valence-corrected chi connectivity index (χ3v) is 8.69. The third kappa shape index (κ3) is 5.74. The van der Waals surface area contributed by atoms with Gasteiger partial charge in [-0.3, -0.25) is 0 Å². The number of benzene rings is 4. The number of nitrogens with zero attached hydrogens (tertiary/aromatic N) is 2. The molecule has 1 saturated carbocycles. The Morgan fingerprint density at radius 3 is 2.58 bits per heavy atom. The lowest BCUT2D eigenvalue weighted by atomic mass is 9.84. The van der Waals surface area contributed by atoms with E-state index in [4.69, 9.17) is 9.72 Å². The summed E-state index contributed by atoms with van der Waals surface area (Å²) in [6.07, 6.45) is 8.60. The first-order chi connectivity index (χ1) is 18.7. The van der Waals surface area contributed by atoms with E-state index >= 15 is 0 Å². The van der Waals surface area contributed by atoms with E-state index in [1.165, 1.54) is 54.0 Å². The number of hydrogen-bond donors (Lipinski definition) is 0. The van der Waals surface area contributed by atoms with Crippen molar-refractivity contribution in [3.05, 3.63) is 111 Å². The van der Waals surface area contributed by atoms with Gasteiger partial charge in [-0.15, -0.1) is 11.3 Å². The maximum absolute atomic E-state index is 6.15. The third-order valence-electron chi connectivity index (χ3n) is 7.32. The minimum Gasteiger partial charge on any atom is -0.488 e. The second-order valence-corrected chi connectivity index (χ2v) is 11.5. The van der Waals surface area contributed by atoms with Gasteiger partial charge in [0.25, 0.3) is 0 Å².